The second-order valence-corrected chi connectivity index (χ2v) is 13.1. The number of para-hydroxylation sites is 1. The van der Waals surface area contributed by atoms with E-state index in [1.807, 2.05) is 34.6 Å². The maximum atomic E-state index is 14.4. The maximum Gasteiger partial charge on any atom is 0.242 e. The Hall–Kier alpha value is -3.63. The minimum atomic E-state index is -0.552. The average molecular weight is 607 g/mol. The lowest BCUT2D eigenvalue weighted by molar-refractivity contribution is -0.131. The number of nitrogens with one attached hydrogen (secondary N) is 3. The smallest absolute Gasteiger partial charge is 0.242 e. The number of imidazole rings is 1. The molecule has 2 amide bonds. The van der Waals surface area contributed by atoms with Crippen molar-refractivity contribution in [3.63, 3.8) is 0 Å². The number of aromatic nitrogens is 2. The number of amides is 2. The summed E-state index contributed by atoms with van der Waals surface area (Å²) in [4.78, 5) is 32.2. The van der Waals surface area contributed by atoms with Gasteiger partial charge in [-0.15, -0.1) is 0 Å². The monoisotopic (exact) mass is 606 g/mol. The molecule has 1 aliphatic carbocycles. The highest BCUT2D eigenvalue weighted by molar-refractivity contribution is 5.94. The number of nitrogens with zero attached hydrogens (tertiary/aromatic N) is 3. The average Bonchev–Trinajstić information content (AvgIpc) is 3.59. The first-order chi connectivity index (χ1) is 21.0. The molecule has 1 unspecified atom stereocenters. The fourth-order valence-electron chi connectivity index (χ4n) is 6.41. The summed E-state index contributed by atoms with van der Waals surface area (Å²) in [6.45, 7) is 10.4. The molecule has 3 aromatic rings. The fourth-order valence-corrected chi connectivity index (χ4v) is 6.41. The van der Waals surface area contributed by atoms with Gasteiger partial charge in [0.1, 0.15) is 18.0 Å². The number of aryl methyl sites for hydroxylation is 1. The van der Waals surface area contributed by atoms with Crippen LogP contribution in [0.3, 0.4) is 0 Å². The topological polar surface area (TPSA) is 91.3 Å². The van der Waals surface area contributed by atoms with Gasteiger partial charge in [0, 0.05) is 43.7 Å². The van der Waals surface area contributed by atoms with Crippen molar-refractivity contribution in [2.24, 2.45) is 5.92 Å². The molecular weight excluding hydrogens is 562 g/mol. The number of likely N-dealkylation sites (tertiary alicyclic amines) is 1. The van der Waals surface area contributed by atoms with Gasteiger partial charge in [-0.05, 0) is 81.2 Å². The summed E-state index contributed by atoms with van der Waals surface area (Å²) in [5.41, 5.74) is 3.10. The zero-order chi connectivity index (χ0) is 31.4. The third-order valence-electron chi connectivity index (χ3n) is 8.66. The molecule has 10 heteroatoms. The van der Waals surface area contributed by atoms with Gasteiger partial charge in [0.25, 0.3) is 0 Å². The third-order valence-corrected chi connectivity index (χ3v) is 8.66. The highest BCUT2D eigenvalue weighted by atomic mass is 19.1. The summed E-state index contributed by atoms with van der Waals surface area (Å²) in [5, 5.41) is 9.92. The molecular formula is C34H44F2N6O2. The molecule has 1 aromatic heterocycles. The van der Waals surface area contributed by atoms with Crippen molar-refractivity contribution in [2.45, 2.75) is 90.4 Å². The van der Waals surface area contributed by atoms with E-state index in [4.69, 9.17) is 0 Å². The molecule has 2 heterocycles. The van der Waals surface area contributed by atoms with E-state index in [2.05, 4.69) is 47.8 Å². The van der Waals surface area contributed by atoms with Gasteiger partial charge in [-0.3, -0.25) is 9.59 Å². The number of fused-ring (bicyclic) bond motifs is 1. The van der Waals surface area contributed by atoms with Gasteiger partial charge >= 0.3 is 0 Å². The Kier molecular flexibility index (Phi) is 9.80. The number of carbonyl (C=O) groups is 2. The van der Waals surface area contributed by atoms with Crippen LogP contribution in [0, 0.1) is 17.6 Å². The molecule has 0 bridgehead atoms. The number of hydrogen-bond acceptors (Lipinski definition) is 5. The molecule has 5 rings (SSSR count). The van der Waals surface area contributed by atoms with Crippen LogP contribution in [-0.4, -0.2) is 57.0 Å². The predicted molar refractivity (Wildman–Crippen MR) is 167 cm³/mol. The Bertz CT molecular complexity index is 1480. The van der Waals surface area contributed by atoms with E-state index in [0.717, 1.165) is 36.8 Å². The van der Waals surface area contributed by atoms with Crippen molar-refractivity contribution in [1.29, 1.82) is 0 Å². The summed E-state index contributed by atoms with van der Waals surface area (Å²) < 4.78 is 30.0. The van der Waals surface area contributed by atoms with Crippen molar-refractivity contribution < 1.29 is 18.4 Å². The SMILES string of the molecule is CCC[C@H](N[C@H]1CCc2cc(F)cc(F)c2C1)C(=O)Nc1cn(-c2ccccc2CNCC2CC(=O)N(C(C)(C)C)C2)cn1. The molecule has 2 aliphatic rings. The number of anilines is 1. The van der Waals surface area contributed by atoms with Crippen molar-refractivity contribution in [2.75, 3.05) is 18.4 Å². The van der Waals surface area contributed by atoms with Crippen LogP contribution in [-0.2, 0) is 29.0 Å². The van der Waals surface area contributed by atoms with Crippen molar-refractivity contribution in [3.8, 4) is 5.69 Å². The van der Waals surface area contributed by atoms with E-state index in [1.54, 1.807) is 12.5 Å². The van der Waals surface area contributed by atoms with Gasteiger partial charge < -0.3 is 25.4 Å². The lowest BCUT2D eigenvalue weighted by Gasteiger charge is -2.32. The van der Waals surface area contributed by atoms with Crippen molar-refractivity contribution in [1.82, 2.24) is 25.1 Å². The molecule has 1 aliphatic heterocycles. The van der Waals surface area contributed by atoms with Gasteiger partial charge in [-0.25, -0.2) is 13.8 Å². The number of hydrogen-bond donors (Lipinski definition) is 3. The first kappa shape index (κ1) is 31.8. The van der Waals surface area contributed by atoms with Gasteiger partial charge in [0.05, 0.1) is 17.9 Å². The Balaban J connectivity index is 1.18. The molecule has 0 radical (unpaired) electrons. The van der Waals surface area contributed by atoms with Crippen LogP contribution in [0.4, 0.5) is 14.6 Å². The largest absolute Gasteiger partial charge is 0.338 e. The molecule has 0 saturated carbocycles. The molecule has 44 heavy (non-hydrogen) atoms. The Labute approximate surface area is 258 Å². The first-order valence-corrected chi connectivity index (χ1v) is 15.7. The number of rotatable bonds is 11. The highest BCUT2D eigenvalue weighted by Gasteiger charge is 2.35. The third kappa shape index (κ3) is 7.53. The minimum Gasteiger partial charge on any atom is -0.338 e. The van der Waals surface area contributed by atoms with Crippen molar-refractivity contribution in [3.05, 3.63) is 77.2 Å². The molecule has 8 nitrogen and oxygen atoms in total. The molecule has 3 N–H and O–H groups in total. The second kappa shape index (κ2) is 13.6. The molecule has 236 valence electrons. The summed E-state index contributed by atoms with van der Waals surface area (Å²) in [7, 11) is 0. The molecule has 2 aromatic carbocycles. The molecule has 1 saturated heterocycles. The van der Waals surface area contributed by atoms with Gasteiger partial charge in [0.15, 0.2) is 5.82 Å². The fraction of sp³-hybridized carbons (Fsp3) is 0.500. The summed E-state index contributed by atoms with van der Waals surface area (Å²) >= 11 is 0. The van der Waals surface area contributed by atoms with E-state index >= 15 is 0 Å². The van der Waals surface area contributed by atoms with Crippen LogP contribution in [0.25, 0.3) is 5.69 Å². The summed E-state index contributed by atoms with van der Waals surface area (Å²) in [6.07, 6.45) is 7.16. The number of benzene rings is 2. The first-order valence-electron chi connectivity index (χ1n) is 15.7. The Morgan fingerprint density at radius 3 is 2.70 bits per heavy atom. The maximum absolute atomic E-state index is 14.4. The lowest BCUT2D eigenvalue weighted by atomic mass is 9.87. The summed E-state index contributed by atoms with van der Waals surface area (Å²) in [5.74, 6) is -0.327. The number of carbonyl (C=O) groups excluding carboxylic acids is 2. The lowest BCUT2D eigenvalue weighted by Crippen LogP contribution is -2.48. The van der Waals surface area contributed by atoms with Crippen LogP contribution in [0.5, 0.6) is 0 Å². The van der Waals surface area contributed by atoms with E-state index in [0.29, 0.717) is 55.6 Å². The van der Waals surface area contributed by atoms with E-state index in [-0.39, 0.29) is 29.3 Å². The quantitative estimate of drug-likeness (QED) is 0.281. The number of halogens is 2. The van der Waals surface area contributed by atoms with Gasteiger partial charge in [0.2, 0.25) is 11.8 Å². The predicted octanol–water partition coefficient (Wildman–Crippen LogP) is 5.14. The Morgan fingerprint density at radius 2 is 1.95 bits per heavy atom. The summed E-state index contributed by atoms with van der Waals surface area (Å²) in [6, 6.07) is 9.82. The Morgan fingerprint density at radius 1 is 1.16 bits per heavy atom. The molecule has 3 atom stereocenters. The zero-order valence-corrected chi connectivity index (χ0v) is 26.1. The standard InChI is InChI=1S/C34H44F2N6O2/c1-5-8-29(39-26-12-11-23-14-25(35)15-28(36)27(23)16-26)33(44)40-31-20-41(21-38-31)30-10-7-6-9-24(30)18-37-17-22-13-32(43)42(19-22)34(2,3)4/h6-7,9-10,14-15,20-22,26,29,37,39H,5,8,11-13,16-19H2,1-4H3,(H,40,44)/t22?,26-,29-/m0/s1. The minimum absolute atomic E-state index is 0.0828. The van der Waals surface area contributed by atoms with E-state index < -0.39 is 17.7 Å². The van der Waals surface area contributed by atoms with Crippen LogP contribution < -0.4 is 16.0 Å². The van der Waals surface area contributed by atoms with Gasteiger partial charge in [-0.2, -0.15) is 0 Å². The zero-order valence-electron chi connectivity index (χ0n) is 26.1. The molecule has 1 fully saturated rings. The second-order valence-electron chi connectivity index (χ2n) is 13.1. The highest BCUT2D eigenvalue weighted by Crippen LogP contribution is 2.27. The van der Waals surface area contributed by atoms with E-state index in [9.17, 15) is 18.4 Å². The normalized spacial score (nSPS) is 19.2. The molecule has 0 spiro atoms. The van der Waals surface area contributed by atoms with Crippen LogP contribution in [0.2, 0.25) is 0 Å². The van der Waals surface area contributed by atoms with Gasteiger partial charge in [-0.1, -0.05) is 31.5 Å². The van der Waals surface area contributed by atoms with Crippen molar-refractivity contribution >= 4 is 17.6 Å². The van der Waals surface area contributed by atoms with Crippen LogP contribution in [0.15, 0.2) is 48.9 Å². The van der Waals surface area contributed by atoms with E-state index in [1.165, 1.54) is 6.07 Å². The van der Waals surface area contributed by atoms with Crippen LogP contribution >= 0.6 is 0 Å². The van der Waals surface area contributed by atoms with Crippen LogP contribution in [0.1, 0.15) is 70.1 Å².